The molecule has 0 aromatic carbocycles. The summed E-state index contributed by atoms with van der Waals surface area (Å²) in [7, 11) is -5.14. The fourth-order valence-corrected chi connectivity index (χ4v) is 7.48. The maximum absolute atomic E-state index is 12.9. The van der Waals surface area contributed by atoms with Gasteiger partial charge in [-0.15, -0.1) is 0 Å². The highest BCUT2D eigenvalue weighted by atomic mass is 31.2. The second-order valence-corrected chi connectivity index (χ2v) is 16.4. The number of phosphoric ester groups is 1. The van der Waals surface area contributed by atoms with Crippen molar-refractivity contribution in [3.05, 3.63) is 36.5 Å². The summed E-state index contributed by atoms with van der Waals surface area (Å²) in [6, 6.07) is -1.26. The number of aliphatic hydroxyl groups is 7. The molecule has 0 aliphatic heterocycles. The first-order valence-corrected chi connectivity index (χ1v) is 22.5. The molecule has 1 rings (SSSR count). The molecule has 0 bridgehead atoms. The predicted molar refractivity (Wildman–Crippen MR) is 215 cm³/mol. The summed E-state index contributed by atoms with van der Waals surface area (Å²) in [6.45, 7) is 3.57. The molecule has 1 aliphatic rings. The Morgan fingerprint density at radius 1 is 0.655 bits per heavy atom. The van der Waals surface area contributed by atoms with Crippen LogP contribution in [-0.2, 0) is 18.4 Å². The van der Waals surface area contributed by atoms with Gasteiger partial charge in [0.2, 0.25) is 5.91 Å². The second-order valence-electron chi connectivity index (χ2n) is 15.0. The molecule has 14 heteroatoms. The SMILES string of the molecule is CC/C=C/CC/C=C/CC/C=C/C(O)C(COP(=O)(O)OC1C(O)C(O)C(O)C(O)C1O)NC(=O)CC(O)CCCCCCCCCCCCCCCCC. The first-order valence-electron chi connectivity index (χ1n) is 21.0. The molecule has 0 saturated heterocycles. The summed E-state index contributed by atoms with van der Waals surface area (Å²) >= 11 is 0. The van der Waals surface area contributed by atoms with Crippen molar-refractivity contribution >= 4 is 13.7 Å². The number of allylic oxidation sites excluding steroid dienone is 5. The molecule has 1 saturated carbocycles. The molecule has 0 heterocycles. The number of rotatable bonds is 33. The van der Waals surface area contributed by atoms with Crippen molar-refractivity contribution in [2.24, 2.45) is 0 Å². The minimum absolute atomic E-state index is 0.254. The molecular formula is C41H76NO12P. The van der Waals surface area contributed by atoms with Crippen molar-refractivity contribution < 1.29 is 59.0 Å². The van der Waals surface area contributed by atoms with E-state index in [1.165, 1.54) is 76.7 Å². The van der Waals surface area contributed by atoms with E-state index < -0.39 is 75.2 Å². The van der Waals surface area contributed by atoms with Gasteiger partial charge in [0.25, 0.3) is 0 Å². The van der Waals surface area contributed by atoms with Crippen molar-refractivity contribution in [1.82, 2.24) is 5.32 Å². The highest BCUT2D eigenvalue weighted by Crippen LogP contribution is 2.47. The molecule has 0 aromatic heterocycles. The van der Waals surface area contributed by atoms with Crippen LogP contribution in [0.4, 0.5) is 0 Å². The van der Waals surface area contributed by atoms with Gasteiger partial charge in [0.05, 0.1) is 31.3 Å². The van der Waals surface area contributed by atoms with Crippen molar-refractivity contribution in [2.75, 3.05) is 6.61 Å². The summed E-state index contributed by atoms with van der Waals surface area (Å²) < 4.78 is 22.7. The lowest BCUT2D eigenvalue weighted by atomic mass is 9.85. The van der Waals surface area contributed by atoms with Gasteiger partial charge in [0.1, 0.15) is 36.6 Å². The van der Waals surface area contributed by atoms with Crippen molar-refractivity contribution in [3.63, 3.8) is 0 Å². The van der Waals surface area contributed by atoms with Gasteiger partial charge in [-0.05, 0) is 38.5 Å². The second kappa shape index (κ2) is 31.5. The lowest BCUT2D eigenvalue weighted by Gasteiger charge is -2.41. The molecule has 1 fully saturated rings. The van der Waals surface area contributed by atoms with Crippen LogP contribution in [0.1, 0.15) is 155 Å². The molecule has 322 valence electrons. The Bertz CT molecular complexity index is 1090. The van der Waals surface area contributed by atoms with Crippen LogP contribution < -0.4 is 5.32 Å². The maximum Gasteiger partial charge on any atom is 0.472 e. The van der Waals surface area contributed by atoms with Gasteiger partial charge in [0, 0.05) is 0 Å². The van der Waals surface area contributed by atoms with Gasteiger partial charge < -0.3 is 46.0 Å². The van der Waals surface area contributed by atoms with Crippen LogP contribution in [0.15, 0.2) is 36.5 Å². The Morgan fingerprint density at radius 3 is 1.58 bits per heavy atom. The zero-order chi connectivity index (χ0) is 40.9. The van der Waals surface area contributed by atoms with Crippen LogP contribution in [0, 0.1) is 0 Å². The Kier molecular flexibility index (Phi) is 29.5. The van der Waals surface area contributed by atoms with Gasteiger partial charge in [-0.2, -0.15) is 0 Å². The molecule has 0 radical (unpaired) electrons. The molecule has 0 aromatic rings. The number of carbonyl (C=O) groups excluding carboxylic acids is 1. The largest absolute Gasteiger partial charge is 0.472 e. The van der Waals surface area contributed by atoms with Crippen LogP contribution in [0.5, 0.6) is 0 Å². The number of unbranched alkanes of at least 4 members (excludes halogenated alkanes) is 16. The Balaban J connectivity index is 2.58. The summed E-state index contributed by atoms with van der Waals surface area (Å²) in [4.78, 5) is 23.3. The zero-order valence-electron chi connectivity index (χ0n) is 33.6. The third-order valence-electron chi connectivity index (χ3n) is 9.97. The van der Waals surface area contributed by atoms with E-state index in [1.807, 2.05) is 6.08 Å². The highest BCUT2D eigenvalue weighted by Gasteiger charge is 2.51. The van der Waals surface area contributed by atoms with Gasteiger partial charge in [-0.25, -0.2) is 4.57 Å². The Morgan fingerprint density at radius 2 is 1.09 bits per heavy atom. The Hall–Kier alpha value is -1.48. The average molecular weight is 806 g/mol. The van der Waals surface area contributed by atoms with Crippen molar-refractivity contribution in [3.8, 4) is 0 Å². The number of aliphatic hydroxyl groups excluding tert-OH is 7. The maximum atomic E-state index is 12.9. The van der Waals surface area contributed by atoms with Gasteiger partial charge >= 0.3 is 7.82 Å². The van der Waals surface area contributed by atoms with Crippen LogP contribution in [0.3, 0.4) is 0 Å². The third-order valence-corrected chi connectivity index (χ3v) is 11.0. The smallest absolute Gasteiger partial charge is 0.393 e. The third kappa shape index (κ3) is 24.1. The van der Waals surface area contributed by atoms with E-state index in [2.05, 4.69) is 37.4 Å². The number of hydrogen-bond donors (Lipinski definition) is 9. The van der Waals surface area contributed by atoms with Crippen LogP contribution in [-0.4, -0.2) is 108 Å². The fourth-order valence-electron chi connectivity index (χ4n) is 6.51. The molecule has 9 N–H and O–H groups in total. The van der Waals surface area contributed by atoms with Gasteiger partial charge in [-0.1, -0.05) is 147 Å². The molecule has 1 aliphatic carbocycles. The normalized spacial score (nSPS) is 24.8. The monoisotopic (exact) mass is 806 g/mol. The summed E-state index contributed by atoms with van der Waals surface area (Å²) in [6.07, 6.45) is 19.8. The average Bonchev–Trinajstić information content (AvgIpc) is 3.15. The summed E-state index contributed by atoms with van der Waals surface area (Å²) in [5.41, 5.74) is 0. The summed E-state index contributed by atoms with van der Waals surface area (Å²) in [5.74, 6) is -0.610. The van der Waals surface area contributed by atoms with E-state index in [1.54, 1.807) is 6.08 Å². The predicted octanol–water partition coefficient (Wildman–Crippen LogP) is 5.80. The van der Waals surface area contributed by atoms with E-state index >= 15 is 0 Å². The van der Waals surface area contributed by atoms with E-state index in [4.69, 9.17) is 9.05 Å². The highest BCUT2D eigenvalue weighted by molar-refractivity contribution is 7.47. The molecular weight excluding hydrogens is 729 g/mol. The van der Waals surface area contributed by atoms with Crippen LogP contribution in [0.25, 0.3) is 0 Å². The van der Waals surface area contributed by atoms with Crippen molar-refractivity contribution in [1.29, 1.82) is 0 Å². The molecule has 8 unspecified atom stereocenters. The van der Waals surface area contributed by atoms with Gasteiger partial charge in [0.15, 0.2) is 0 Å². The van der Waals surface area contributed by atoms with E-state index in [0.717, 1.165) is 44.9 Å². The number of phosphoric acid groups is 1. The van der Waals surface area contributed by atoms with Crippen LogP contribution >= 0.6 is 7.82 Å². The molecule has 1 amide bonds. The van der Waals surface area contributed by atoms with Crippen LogP contribution in [0.2, 0.25) is 0 Å². The van der Waals surface area contributed by atoms with E-state index in [9.17, 15) is 50.0 Å². The minimum atomic E-state index is -5.14. The first kappa shape index (κ1) is 51.5. The lowest BCUT2D eigenvalue weighted by molar-refractivity contribution is -0.220. The quantitative estimate of drug-likeness (QED) is 0.0218. The van der Waals surface area contributed by atoms with E-state index in [-0.39, 0.29) is 6.42 Å². The summed E-state index contributed by atoms with van der Waals surface area (Å²) in [5, 5.41) is 74.1. The number of hydrogen-bond acceptors (Lipinski definition) is 11. The zero-order valence-corrected chi connectivity index (χ0v) is 34.5. The number of amides is 1. The standard InChI is InChI=1S/C41H76NO12P/c1-3-5-7-9-11-13-15-16-17-18-19-20-22-24-26-28-32(43)30-35(45)42-33(34(44)29-27-25-23-21-14-12-10-8-6-4-2)31-53-55(51,52)54-41-39(49)37(47)36(46)38(48)40(41)50/h6,8,14,21,27,29,32-34,36-41,43-44,46-50H,3-5,7,9-13,15-20,22-26,28,30-31H2,1-2H3,(H,42,45)(H,51,52)/b8-6+,21-14+,29-27+. The number of nitrogens with one attached hydrogen (secondary N) is 1. The topological polar surface area (TPSA) is 226 Å². The number of carbonyl (C=O) groups is 1. The minimum Gasteiger partial charge on any atom is -0.393 e. The van der Waals surface area contributed by atoms with Crippen molar-refractivity contribution in [2.45, 2.75) is 210 Å². The first-order chi connectivity index (χ1) is 26.3. The lowest BCUT2D eigenvalue weighted by Crippen LogP contribution is -2.64. The molecule has 55 heavy (non-hydrogen) atoms. The molecule has 8 atom stereocenters. The van der Waals surface area contributed by atoms with E-state index in [0.29, 0.717) is 19.3 Å². The fraction of sp³-hybridized carbons (Fsp3) is 0.829. The molecule has 0 spiro atoms. The molecule has 13 nitrogen and oxygen atoms in total. The van der Waals surface area contributed by atoms with Gasteiger partial charge in [-0.3, -0.25) is 13.8 Å². The Labute approximate surface area is 330 Å².